The second-order valence-electron chi connectivity index (χ2n) is 15.2. The monoisotopic (exact) mass is 1030 g/mol. The highest BCUT2D eigenvalue weighted by atomic mass is 32.2. The molecule has 382 valence electrons. The molecule has 5 amide bonds. The number of aromatic nitrogens is 4. The van der Waals surface area contributed by atoms with Gasteiger partial charge in [0.2, 0.25) is 29.5 Å². The SMILES string of the molecule is NCCNCCCC(NCCN)C(=O)NCC(=O)NC(CCCNC(=O)CCN1C(=O)CC(SCCNP(=O)(O)OP(=O)(O)OC[C@H]2O[C@@H](n3cnc4c(N)ncnc43)[C@H](O)[C@@H]2O)C1=O)C(=O)O. The third-order valence-electron chi connectivity index (χ3n) is 10.2. The molecule has 2 aliphatic rings. The number of nitrogens with one attached hydrogen (secondary N) is 6. The Balaban J connectivity index is 1.10. The summed E-state index contributed by atoms with van der Waals surface area (Å²) in [7, 11) is -10.3. The van der Waals surface area contributed by atoms with E-state index in [1.165, 1.54) is 10.9 Å². The van der Waals surface area contributed by atoms with Crippen LogP contribution in [-0.2, 0) is 51.5 Å². The summed E-state index contributed by atoms with van der Waals surface area (Å²) in [6, 6.07) is -1.94. The molecule has 0 aromatic carbocycles. The molecule has 0 radical (unpaired) electrons. The Labute approximate surface area is 393 Å². The van der Waals surface area contributed by atoms with Gasteiger partial charge in [-0.2, -0.15) is 4.31 Å². The predicted molar refractivity (Wildman–Crippen MR) is 239 cm³/mol. The Bertz CT molecular complexity index is 2150. The van der Waals surface area contributed by atoms with E-state index in [1.54, 1.807) is 0 Å². The molecule has 0 bridgehead atoms. The molecule has 2 fully saturated rings. The van der Waals surface area contributed by atoms with Crippen molar-refractivity contribution in [2.45, 2.75) is 80.4 Å². The number of hydrogen-bond acceptors (Lipinski definition) is 22. The van der Waals surface area contributed by atoms with Crippen LogP contribution in [0.4, 0.5) is 5.82 Å². The van der Waals surface area contributed by atoms with Gasteiger partial charge in [-0.05, 0) is 32.2 Å². The largest absolute Gasteiger partial charge is 0.480 e. The van der Waals surface area contributed by atoms with Crippen LogP contribution in [0.5, 0.6) is 0 Å². The van der Waals surface area contributed by atoms with Crippen molar-refractivity contribution in [2.75, 3.05) is 77.0 Å². The van der Waals surface area contributed by atoms with E-state index >= 15 is 0 Å². The van der Waals surface area contributed by atoms with E-state index in [4.69, 9.17) is 26.5 Å². The lowest BCUT2D eigenvalue weighted by Gasteiger charge is -2.20. The Hall–Kier alpha value is -4.30. The summed E-state index contributed by atoms with van der Waals surface area (Å²) in [5, 5.41) is 45.4. The van der Waals surface area contributed by atoms with Gasteiger partial charge >= 0.3 is 21.5 Å². The number of thioether (sulfide) groups is 1. The fourth-order valence-electron chi connectivity index (χ4n) is 6.79. The number of carbonyl (C=O) groups is 6. The summed E-state index contributed by atoms with van der Waals surface area (Å²) in [4.78, 5) is 108. The van der Waals surface area contributed by atoms with Crippen LogP contribution in [0.2, 0.25) is 0 Å². The highest BCUT2D eigenvalue weighted by molar-refractivity contribution is 8.00. The smallest absolute Gasteiger partial charge is 0.480 e. The number of phosphoric acid groups is 1. The molecule has 5 unspecified atom stereocenters. The molecule has 30 nitrogen and oxygen atoms in total. The number of aliphatic carboxylic acids is 1. The van der Waals surface area contributed by atoms with Gasteiger partial charge in [0.1, 0.15) is 36.2 Å². The molecule has 33 heteroatoms. The van der Waals surface area contributed by atoms with Gasteiger partial charge < -0.3 is 73.6 Å². The van der Waals surface area contributed by atoms with Crippen molar-refractivity contribution in [3.05, 3.63) is 12.7 Å². The molecule has 17 N–H and O–H groups in total. The lowest BCUT2D eigenvalue weighted by molar-refractivity contribution is -0.142. The first-order chi connectivity index (χ1) is 32.3. The number of rotatable bonds is 32. The van der Waals surface area contributed by atoms with Crippen LogP contribution in [0.3, 0.4) is 0 Å². The number of nitrogens with zero attached hydrogens (tertiary/aromatic N) is 5. The van der Waals surface area contributed by atoms with Crippen LogP contribution in [-0.4, -0.2) is 192 Å². The number of aliphatic hydroxyl groups excluding tert-OH is 2. The number of imide groups is 1. The van der Waals surface area contributed by atoms with Crippen LogP contribution >= 0.6 is 27.3 Å². The van der Waals surface area contributed by atoms with Crippen molar-refractivity contribution in [1.82, 2.24) is 56.1 Å². The van der Waals surface area contributed by atoms with Crippen molar-refractivity contribution in [2.24, 2.45) is 11.5 Å². The van der Waals surface area contributed by atoms with Gasteiger partial charge in [0.25, 0.3) is 0 Å². The topological polar surface area (TPSA) is 462 Å². The van der Waals surface area contributed by atoms with Crippen molar-refractivity contribution < 1.29 is 76.6 Å². The number of aliphatic hydroxyl groups is 2. The minimum Gasteiger partial charge on any atom is -0.480 e. The molecule has 0 saturated carbocycles. The molecule has 2 aromatic rings. The zero-order valence-corrected chi connectivity index (χ0v) is 39.3. The number of ether oxygens (including phenoxy) is 1. The molecule has 2 aromatic heterocycles. The quantitative estimate of drug-likeness (QED) is 0.0185. The number of nitrogens with two attached hydrogens (primary N) is 3. The number of fused-ring (bicyclic) bond motifs is 1. The first kappa shape index (κ1) is 56.3. The summed E-state index contributed by atoms with van der Waals surface area (Å²) >= 11 is 0.933. The van der Waals surface area contributed by atoms with E-state index < -0.39 is 106 Å². The van der Waals surface area contributed by atoms with Crippen LogP contribution in [0.1, 0.15) is 44.8 Å². The molecule has 0 spiro atoms. The average molecular weight is 1030 g/mol. The number of nitrogen functional groups attached to an aromatic ring is 1. The fourth-order valence-corrected chi connectivity index (χ4v) is 10.2. The molecule has 4 heterocycles. The van der Waals surface area contributed by atoms with E-state index in [2.05, 4.69) is 45.8 Å². The molecule has 2 aliphatic heterocycles. The summed E-state index contributed by atoms with van der Waals surface area (Å²) < 4.78 is 41.2. The maximum Gasteiger partial charge on any atom is 0.480 e. The van der Waals surface area contributed by atoms with Crippen molar-refractivity contribution in [1.29, 1.82) is 0 Å². The molecule has 0 aliphatic carbocycles. The molecule has 9 atom stereocenters. The van der Waals surface area contributed by atoms with Crippen molar-refractivity contribution >= 4 is 79.8 Å². The highest BCUT2D eigenvalue weighted by Crippen LogP contribution is 2.58. The van der Waals surface area contributed by atoms with Crippen LogP contribution in [0, 0.1) is 0 Å². The first-order valence-electron chi connectivity index (χ1n) is 21.3. The van der Waals surface area contributed by atoms with Crippen LogP contribution < -0.4 is 48.9 Å². The highest BCUT2D eigenvalue weighted by Gasteiger charge is 2.46. The van der Waals surface area contributed by atoms with E-state index in [0.717, 1.165) is 23.0 Å². The number of carbonyl (C=O) groups excluding carboxylic acids is 5. The third-order valence-corrected chi connectivity index (χ3v) is 14.2. The number of likely N-dealkylation sites (tertiary alicyclic amines) is 1. The number of carboxylic acids is 1. The first-order valence-corrected chi connectivity index (χ1v) is 25.5. The van der Waals surface area contributed by atoms with Crippen LogP contribution in [0.15, 0.2) is 12.7 Å². The van der Waals surface area contributed by atoms with Gasteiger partial charge in [0.15, 0.2) is 17.7 Å². The van der Waals surface area contributed by atoms with E-state index in [9.17, 15) is 63.0 Å². The van der Waals surface area contributed by atoms with Gasteiger partial charge in [-0.15, -0.1) is 11.8 Å². The summed E-state index contributed by atoms with van der Waals surface area (Å²) in [5.74, 6) is -4.24. The lowest BCUT2D eigenvalue weighted by Crippen LogP contribution is -2.50. The second-order valence-corrected chi connectivity index (χ2v) is 19.8. The van der Waals surface area contributed by atoms with Gasteiger partial charge in [-0.25, -0.2) is 34.0 Å². The fraction of sp³-hybridized carbons (Fsp3) is 0.686. The number of amides is 5. The molecule has 68 heavy (non-hydrogen) atoms. The Morgan fingerprint density at radius 3 is 2.38 bits per heavy atom. The zero-order chi connectivity index (χ0) is 50.0. The van der Waals surface area contributed by atoms with Gasteiger partial charge in [0, 0.05) is 64.4 Å². The van der Waals surface area contributed by atoms with Crippen molar-refractivity contribution in [3.63, 3.8) is 0 Å². The minimum atomic E-state index is -5.30. The lowest BCUT2D eigenvalue weighted by atomic mass is 10.1. The molecule has 4 rings (SSSR count). The zero-order valence-electron chi connectivity index (χ0n) is 36.7. The average Bonchev–Trinajstić information content (AvgIpc) is 3.93. The van der Waals surface area contributed by atoms with Crippen molar-refractivity contribution in [3.8, 4) is 0 Å². The summed E-state index contributed by atoms with van der Waals surface area (Å²) in [6.45, 7) is 0.456. The van der Waals surface area contributed by atoms with Crippen LogP contribution in [0.25, 0.3) is 11.2 Å². The molecular weight excluding hydrogens is 966 g/mol. The molecular formula is C35H60N14O16P2S. The van der Waals surface area contributed by atoms with E-state index in [-0.39, 0.29) is 68.1 Å². The number of anilines is 1. The number of hydrogen-bond donors (Lipinski definition) is 14. The number of phosphoric ester groups is 1. The summed E-state index contributed by atoms with van der Waals surface area (Å²) in [5.41, 5.74) is 17.1. The normalized spacial score (nSPS) is 22.1. The van der Waals surface area contributed by atoms with Gasteiger partial charge in [0.05, 0.1) is 30.8 Å². The predicted octanol–water partition coefficient (Wildman–Crippen LogP) is -5.07. The Morgan fingerprint density at radius 1 is 0.941 bits per heavy atom. The standard InChI is InChI=1S/C35H60N14O16P2S/c36-6-10-39-8-1-3-20(40-11-7-37)32(55)42-16-25(51)47-21(35(57)58)4-2-9-41-24(50)5-13-48-26(52)15-23(33(48)56)68-14-12-46-66(59,60)65-67(61,62)63-17-22-28(53)29(54)34(64-22)49-19-45-27-30(38)43-18-44-31(27)49/h18-23,28-29,34,39-40,53-54H,1-17,36-37H2,(H,41,50)(H,42,55)(H,47,51)(H,57,58)(H,61,62)(H2,38,43,44)(H2,46,59,60)/t20?,21?,22-,23?,28-,29-,34-/m1/s1. The third kappa shape index (κ3) is 17.3. The van der Waals surface area contributed by atoms with Gasteiger partial charge in [-0.3, -0.25) is 38.0 Å². The minimum absolute atomic E-state index is 0.00788. The Morgan fingerprint density at radius 2 is 1.66 bits per heavy atom. The maximum atomic E-state index is 12.9. The number of carboxylic acid groups (broad SMARTS) is 1. The van der Waals surface area contributed by atoms with E-state index in [1.807, 2.05) is 5.09 Å². The van der Waals surface area contributed by atoms with E-state index in [0.29, 0.717) is 45.6 Å². The maximum absolute atomic E-state index is 12.9. The summed E-state index contributed by atoms with van der Waals surface area (Å²) in [6.07, 6.45) is -2.92. The molecule has 2 saturated heterocycles. The Kier molecular flexibility index (Phi) is 22.5. The second kappa shape index (κ2) is 27.2. The number of imidazole rings is 1. The van der Waals surface area contributed by atoms with Gasteiger partial charge in [-0.1, -0.05) is 0 Å².